The van der Waals surface area contributed by atoms with E-state index in [4.69, 9.17) is 9.47 Å². The Labute approximate surface area is 179 Å². The van der Waals surface area contributed by atoms with Gasteiger partial charge in [0.05, 0.1) is 26.4 Å². The lowest BCUT2D eigenvalue weighted by molar-refractivity contribution is 0.125. The van der Waals surface area contributed by atoms with E-state index in [2.05, 4.69) is 47.7 Å². The van der Waals surface area contributed by atoms with Crippen molar-refractivity contribution >= 4 is 29.9 Å². The number of hydrogen-bond acceptors (Lipinski definition) is 3. The Bertz CT molecular complexity index is 708. The molecule has 0 aromatic heterocycles. The Morgan fingerprint density at radius 2 is 1.89 bits per heavy atom. The van der Waals surface area contributed by atoms with Crippen LogP contribution in [0, 0.1) is 6.92 Å². The first-order valence-corrected chi connectivity index (χ1v) is 8.87. The van der Waals surface area contributed by atoms with Gasteiger partial charge in [0.1, 0.15) is 5.75 Å². The molecule has 2 N–H and O–H groups in total. The van der Waals surface area contributed by atoms with E-state index in [1.54, 1.807) is 14.2 Å². The summed E-state index contributed by atoms with van der Waals surface area (Å²) in [7, 11) is 3.46. The highest BCUT2D eigenvalue weighted by atomic mass is 127. The van der Waals surface area contributed by atoms with Crippen LogP contribution < -0.4 is 15.4 Å². The maximum atomic E-state index is 5.69. The van der Waals surface area contributed by atoms with E-state index in [0.717, 1.165) is 17.3 Å². The number of aryl methyl sites for hydroxylation is 1. The van der Waals surface area contributed by atoms with Gasteiger partial charge in [-0.3, -0.25) is 4.99 Å². The second-order valence-electron chi connectivity index (χ2n) is 6.15. The summed E-state index contributed by atoms with van der Waals surface area (Å²) in [5, 5.41) is 6.68. The van der Waals surface area contributed by atoms with Gasteiger partial charge in [-0.2, -0.15) is 0 Å². The molecular formula is C21H30IN3O2. The van der Waals surface area contributed by atoms with Gasteiger partial charge in [0, 0.05) is 19.2 Å². The molecule has 0 spiro atoms. The number of aliphatic imine (C=N–C) groups is 1. The van der Waals surface area contributed by atoms with Gasteiger partial charge in [0.25, 0.3) is 0 Å². The van der Waals surface area contributed by atoms with Crippen LogP contribution in [-0.2, 0) is 11.3 Å². The summed E-state index contributed by atoms with van der Waals surface area (Å²) in [5.74, 6) is 1.61. The lowest BCUT2D eigenvalue weighted by Gasteiger charge is -2.20. The van der Waals surface area contributed by atoms with Crippen molar-refractivity contribution < 1.29 is 9.47 Å². The zero-order valence-corrected chi connectivity index (χ0v) is 18.8. The zero-order chi connectivity index (χ0) is 18.8. The first kappa shape index (κ1) is 23.2. The topological polar surface area (TPSA) is 54.9 Å². The fraction of sp³-hybridized carbons (Fsp3) is 0.381. The van der Waals surface area contributed by atoms with E-state index in [1.807, 2.05) is 30.3 Å². The number of rotatable bonds is 8. The van der Waals surface area contributed by atoms with Crippen molar-refractivity contribution in [1.29, 1.82) is 0 Å². The molecule has 0 radical (unpaired) electrons. The van der Waals surface area contributed by atoms with E-state index < -0.39 is 0 Å². The molecule has 0 amide bonds. The number of guanidine groups is 1. The van der Waals surface area contributed by atoms with Crippen LogP contribution in [0.5, 0.6) is 5.75 Å². The summed E-state index contributed by atoms with van der Waals surface area (Å²) >= 11 is 0. The third-order valence-corrected chi connectivity index (χ3v) is 4.08. The lowest BCUT2D eigenvalue weighted by Crippen LogP contribution is -2.40. The fourth-order valence-electron chi connectivity index (χ4n) is 2.68. The van der Waals surface area contributed by atoms with E-state index in [-0.39, 0.29) is 30.0 Å². The Balaban J connectivity index is 0.00000364. The van der Waals surface area contributed by atoms with Crippen molar-refractivity contribution in [2.75, 3.05) is 27.3 Å². The Kier molecular flexibility index (Phi) is 10.8. The third-order valence-electron chi connectivity index (χ3n) is 4.08. The second-order valence-corrected chi connectivity index (χ2v) is 6.15. The summed E-state index contributed by atoms with van der Waals surface area (Å²) < 4.78 is 11.2. The first-order chi connectivity index (χ1) is 12.6. The van der Waals surface area contributed by atoms with Crippen molar-refractivity contribution in [2.24, 2.45) is 4.99 Å². The van der Waals surface area contributed by atoms with E-state index in [9.17, 15) is 0 Å². The summed E-state index contributed by atoms with van der Waals surface area (Å²) in [6, 6.07) is 16.4. The minimum Gasteiger partial charge on any atom is -0.496 e. The minimum absolute atomic E-state index is 0. The molecule has 2 rings (SSSR count). The molecule has 0 aliphatic heterocycles. The average molecular weight is 483 g/mol. The number of halogens is 1. The molecule has 1 atom stereocenters. The lowest BCUT2D eigenvalue weighted by atomic mass is 10.0. The van der Waals surface area contributed by atoms with Crippen LogP contribution in [0.25, 0.3) is 0 Å². The van der Waals surface area contributed by atoms with Gasteiger partial charge >= 0.3 is 0 Å². The molecule has 148 valence electrons. The molecule has 0 aliphatic carbocycles. The molecule has 0 fully saturated rings. The molecule has 2 aromatic carbocycles. The maximum Gasteiger partial charge on any atom is 0.191 e. The molecule has 0 aliphatic rings. The van der Waals surface area contributed by atoms with Crippen molar-refractivity contribution in [3.8, 4) is 5.75 Å². The van der Waals surface area contributed by atoms with Crippen LogP contribution in [0.4, 0.5) is 0 Å². The van der Waals surface area contributed by atoms with Crippen molar-refractivity contribution in [3.05, 3.63) is 65.2 Å². The summed E-state index contributed by atoms with van der Waals surface area (Å²) in [6.45, 7) is 6.08. The number of nitrogens with one attached hydrogen (secondary N) is 2. The number of methoxy groups -OCH3 is 1. The van der Waals surface area contributed by atoms with Crippen LogP contribution in [0.3, 0.4) is 0 Å². The molecule has 6 heteroatoms. The largest absolute Gasteiger partial charge is 0.496 e. The fourth-order valence-corrected chi connectivity index (χ4v) is 2.68. The van der Waals surface area contributed by atoms with Crippen LogP contribution in [0.2, 0.25) is 0 Å². The highest BCUT2D eigenvalue weighted by Crippen LogP contribution is 2.25. The zero-order valence-electron chi connectivity index (χ0n) is 16.5. The molecule has 27 heavy (non-hydrogen) atoms. The standard InChI is InChI=1S/C21H29N3O2.HI/c1-16-10-11-20(25-4)19(14-16)17(2)24-21(22-3)23-12-13-26-15-18-8-6-5-7-9-18;/h5-11,14,17H,12-13,15H2,1-4H3,(H2,22,23,24);1H. The number of benzene rings is 2. The molecule has 5 nitrogen and oxygen atoms in total. The highest BCUT2D eigenvalue weighted by molar-refractivity contribution is 14.0. The normalized spacial score (nSPS) is 12.1. The molecule has 2 aromatic rings. The molecule has 0 saturated heterocycles. The predicted octanol–water partition coefficient (Wildman–Crippen LogP) is 4.06. The van der Waals surface area contributed by atoms with E-state index >= 15 is 0 Å². The monoisotopic (exact) mass is 483 g/mol. The van der Waals surface area contributed by atoms with E-state index in [1.165, 1.54) is 11.1 Å². The second kappa shape index (κ2) is 12.6. The molecule has 0 heterocycles. The Hall–Kier alpha value is -1.80. The smallest absolute Gasteiger partial charge is 0.191 e. The third kappa shape index (κ3) is 7.76. The van der Waals surface area contributed by atoms with Crippen LogP contribution in [0.1, 0.15) is 29.7 Å². The first-order valence-electron chi connectivity index (χ1n) is 8.87. The number of ether oxygens (including phenoxy) is 2. The van der Waals surface area contributed by atoms with Gasteiger partial charge < -0.3 is 20.1 Å². The van der Waals surface area contributed by atoms with E-state index in [0.29, 0.717) is 19.8 Å². The molecular weight excluding hydrogens is 453 g/mol. The minimum atomic E-state index is 0. The average Bonchev–Trinajstić information content (AvgIpc) is 2.67. The maximum absolute atomic E-state index is 5.69. The van der Waals surface area contributed by atoms with Crippen molar-refractivity contribution in [1.82, 2.24) is 10.6 Å². The van der Waals surface area contributed by atoms with Crippen molar-refractivity contribution in [3.63, 3.8) is 0 Å². The summed E-state index contributed by atoms with van der Waals surface area (Å²) in [4.78, 5) is 4.29. The summed E-state index contributed by atoms with van der Waals surface area (Å²) in [6.07, 6.45) is 0. The van der Waals surface area contributed by atoms with Crippen LogP contribution >= 0.6 is 24.0 Å². The van der Waals surface area contributed by atoms with Crippen LogP contribution in [0.15, 0.2) is 53.5 Å². The summed E-state index contributed by atoms with van der Waals surface area (Å²) in [5.41, 5.74) is 3.48. The quantitative estimate of drug-likeness (QED) is 0.257. The number of nitrogens with zero attached hydrogens (tertiary/aromatic N) is 1. The Morgan fingerprint density at radius 1 is 1.15 bits per heavy atom. The SMILES string of the molecule is CN=C(NCCOCc1ccccc1)NC(C)c1cc(C)ccc1OC.I. The Morgan fingerprint density at radius 3 is 2.56 bits per heavy atom. The van der Waals surface area contributed by atoms with Crippen LogP contribution in [-0.4, -0.2) is 33.3 Å². The van der Waals surface area contributed by atoms with Gasteiger partial charge in [-0.15, -0.1) is 24.0 Å². The van der Waals surface area contributed by atoms with Gasteiger partial charge in [-0.05, 0) is 25.5 Å². The van der Waals surface area contributed by atoms with Gasteiger partial charge in [-0.1, -0.05) is 48.0 Å². The number of hydrogen-bond donors (Lipinski definition) is 2. The van der Waals surface area contributed by atoms with Gasteiger partial charge in [0.2, 0.25) is 0 Å². The van der Waals surface area contributed by atoms with Crippen molar-refractivity contribution in [2.45, 2.75) is 26.5 Å². The predicted molar refractivity (Wildman–Crippen MR) is 122 cm³/mol. The molecule has 1 unspecified atom stereocenters. The van der Waals surface area contributed by atoms with Gasteiger partial charge in [-0.25, -0.2) is 0 Å². The van der Waals surface area contributed by atoms with Gasteiger partial charge in [0.15, 0.2) is 5.96 Å². The highest BCUT2D eigenvalue weighted by Gasteiger charge is 2.13. The molecule has 0 bridgehead atoms. The molecule has 0 saturated carbocycles.